The Morgan fingerprint density at radius 1 is 0.964 bits per heavy atom. The minimum absolute atomic E-state index is 0.365. The van der Waals surface area contributed by atoms with Crippen LogP contribution in [0.15, 0.2) is 54.6 Å². The van der Waals surface area contributed by atoms with E-state index in [2.05, 4.69) is 31.2 Å². The molecule has 8 heteroatoms. The first-order chi connectivity index (χ1) is 13.5. The molecule has 2 amide bonds. The number of nitrogens with one attached hydrogen (secondary N) is 4. The van der Waals surface area contributed by atoms with Crippen LogP contribution in [-0.4, -0.2) is 22.5 Å². The Kier molecular flexibility index (Phi) is 6.29. The van der Waals surface area contributed by atoms with Crippen molar-refractivity contribution in [3.8, 4) is 0 Å². The van der Waals surface area contributed by atoms with Gasteiger partial charge in [-0.15, -0.1) is 0 Å². The lowest BCUT2D eigenvalue weighted by atomic mass is 10.2. The smallest absolute Gasteiger partial charge is 0.323 e. The van der Waals surface area contributed by atoms with Gasteiger partial charge in [-0.3, -0.25) is 0 Å². The molecule has 0 spiro atoms. The molecule has 0 unspecified atom stereocenters. The van der Waals surface area contributed by atoms with E-state index in [0.29, 0.717) is 28.0 Å². The van der Waals surface area contributed by atoms with Crippen LogP contribution in [0.25, 0.3) is 0 Å². The van der Waals surface area contributed by atoms with Crippen molar-refractivity contribution in [1.82, 2.24) is 9.97 Å². The van der Waals surface area contributed by atoms with E-state index < -0.39 is 0 Å². The maximum atomic E-state index is 12.1. The third kappa shape index (κ3) is 5.34. The van der Waals surface area contributed by atoms with Crippen molar-refractivity contribution in [2.45, 2.75) is 13.8 Å². The second-order valence-corrected chi connectivity index (χ2v) is 6.38. The number of hydrogen-bond donors (Lipinski definition) is 4. The van der Waals surface area contributed by atoms with E-state index in [0.717, 1.165) is 18.1 Å². The van der Waals surface area contributed by atoms with Gasteiger partial charge in [0.1, 0.15) is 17.5 Å². The maximum Gasteiger partial charge on any atom is 0.323 e. The molecule has 4 N–H and O–H groups in total. The first-order valence-corrected chi connectivity index (χ1v) is 9.20. The van der Waals surface area contributed by atoms with Gasteiger partial charge in [-0.25, -0.2) is 14.8 Å². The van der Waals surface area contributed by atoms with E-state index in [1.165, 1.54) is 0 Å². The Morgan fingerprint density at radius 3 is 2.36 bits per heavy atom. The van der Waals surface area contributed by atoms with E-state index in [1.807, 2.05) is 32.0 Å². The second kappa shape index (κ2) is 9.05. The van der Waals surface area contributed by atoms with Gasteiger partial charge < -0.3 is 21.3 Å². The molecule has 1 aromatic heterocycles. The molecule has 0 aliphatic heterocycles. The number of carbonyl (C=O) groups is 1. The fourth-order valence-corrected chi connectivity index (χ4v) is 2.72. The molecular formula is C20H21ClN6O. The summed E-state index contributed by atoms with van der Waals surface area (Å²) in [5, 5.41) is 12.4. The van der Waals surface area contributed by atoms with E-state index in [-0.39, 0.29) is 6.03 Å². The third-order valence-electron chi connectivity index (χ3n) is 3.73. The Labute approximate surface area is 168 Å². The summed E-state index contributed by atoms with van der Waals surface area (Å²) in [6, 6.07) is 15.9. The molecule has 0 fully saturated rings. The molecule has 0 saturated carbocycles. The molecule has 3 rings (SSSR count). The standard InChI is InChI=1S/C20H21ClN6O/c1-3-22-18-12-19(24-13(2)23-18)25-14-8-10-15(11-9-14)26-20(28)27-17-7-5-4-6-16(17)21/h4-12H,3H2,1-2H3,(H2,26,27,28)(H2,22,23,24,25). The number of anilines is 5. The Hall–Kier alpha value is -3.32. The Balaban J connectivity index is 1.62. The van der Waals surface area contributed by atoms with Crippen molar-refractivity contribution in [2.75, 3.05) is 27.8 Å². The average Bonchev–Trinajstić information content (AvgIpc) is 2.65. The first kappa shape index (κ1) is 19.4. The second-order valence-electron chi connectivity index (χ2n) is 5.98. The fraction of sp³-hybridized carbons (Fsp3) is 0.150. The summed E-state index contributed by atoms with van der Waals surface area (Å²) in [5.41, 5.74) is 2.05. The summed E-state index contributed by atoms with van der Waals surface area (Å²) in [5.74, 6) is 2.14. The van der Waals surface area contributed by atoms with Crippen molar-refractivity contribution < 1.29 is 4.79 Å². The lowest BCUT2D eigenvalue weighted by molar-refractivity contribution is 0.262. The van der Waals surface area contributed by atoms with Crippen LogP contribution in [0.2, 0.25) is 5.02 Å². The first-order valence-electron chi connectivity index (χ1n) is 8.82. The van der Waals surface area contributed by atoms with Gasteiger partial charge in [-0.2, -0.15) is 0 Å². The molecule has 0 aliphatic rings. The number of nitrogens with zero attached hydrogens (tertiary/aromatic N) is 2. The predicted octanol–water partition coefficient (Wildman–Crippen LogP) is 5.26. The maximum absolute atomic E-state index is 12.1. The van der Waals surface area contributed by atoms with Crippen LogP contribution in [0.4, 0.5) is 33.5 Å². The van der Waals surface area contributed by atoms with Crippen molar-refractivity contribution in [2.24, 2.45) is 0 Å². The molecule has 0 saturated heterocycles. The highest BCUT2D eigenvalue weighted by atomic mass is 35.5. The number of aryl methyl sites for hydroxylation is 1. The van der Waals surface area contributed by atoms with Crippen molar-refractivity contribution in [3.63, 3.8) is 0 Å². The SMILES string of the molecule is CCNc1cc(Nc2ccc(NC(=O)Nc3ccccc3Cl)cc2)nc(C)n1. The molecule has 144 valence electrons. The summed E-state index contributed by atoms with van der Waals surface area (Å²) < 4.78 is 0. The van der Waals surface area contributed by atoms with Crippen LogP contribution in [0.3, 0.4) is 0 Å². The number of para-hydroxylation sites is 1. The number of aromatic nitrogens is 2. The van der Waals surface area contributed by atoms with Gasteiger partial charge in [-0.1, -0.05) is 23.7 Å². The average molecular weight is 397 g/mol. The zero-order valence-electron chi connectivity index (χ0n) is 15.6. The molecule has 0 atom stereocenters. The lowest BCUT2D eigenvalue weighted by Gasteiger charge is -2.11. The van der Waals surface area contributed by atoms with Crippen molar-refractivity contribution in [3.05, 3.63) is 65.4 Å². The number of benzene rings is 2. The summed E-state index contributed by atoms with van der Waals surface area (Å²) >= 11 is 6.05. The number of rotatable bonds is 6. The lowest BCUT2D eigenvalue weighted by Crippen LogP contribution is -2.19. The molecule has 0 aliphatic carbocycles. The largest absolute Gasteiger partial charge is 0.370 e. The van der Waals surface area contributed by atoms with E-state index in [1.54, 1.807) is 36.4 Å². The molecule has 0 radical (unpaired) electrons. The molecule has 0 bridgehead atoms. The van der Waals surface area contributed by atoms with Crippen LogP contribution in [0, 0.1) is 6.92 Å². The molecule has 1 heterocycles. The fourth-order valence-electron chi connectivity index (χ4n) is 2.54. The molecule has 2 aromatic carbocycles. The Morgan fingerprint density at radius 2 is 1.64 bits per heavy atom. The van der Waals surface area contributed by atoms with Crippen LogP contribution in [0.1, 0.15) is 12.7 Å². The van der Waals surface area contributed by atoms with Crippen LogP contribution in [0.5, 0.6) is 0 Å². The number of urea groups is 1. The number of hydrogen-bond acceptors (Lipinski definition) is 5. The predicted molar refractivity (Wildman–Crippen MR) is 115 cm³/mol. The van der Waals surface area contributed by atoms with Crippen LogP contribution >= 0.6 is 11.6 Å². The molecule has 3 aromatic rings. The van der Waals surface area contributed by atoms with Gasteiger partial charge in [0, 0.05) is 24.0 Å². The van der Waals surface area contributed by atoms with Crippen LogP contribution < -0.4 is 21.3 Å². The minimum atomic E-state index is -0.365. The number of amides is 2. The monoisotopic (exact) mass is 396 g/mol. The van der Waals surface area contributed by atoms with Crippen molar-refractivity contribution >= 4 is 46.3 Å². The van der Waals surface area contributed by atoms with Gasteiger partial charge in [-0.05, 0) is 50.2 Å². The summed E-state index contributed by atoms with van der Waals surface area (Å²) in [6.45, 7) is 4.64. The van der Waals surface area contributed by atoms with Gasteiger partial charge in [0.2, 0.25) is 0 Å². The zero-order chi connectivity index (χ0) is 19.9. The minimum Gasteiger partial charge on any atom is -0.370 e. The van der Waals surface area contributed by atoms with E-state index >= 15 is 0 Å². The highest BCUT2D eigenvalue weighted by Gasteiger charge is 2.06. The summed E-state index contributed by atoms with van der Waals surface area (Å²) in [4.78, 5) is 20.8. The highest BCUT2D eigenvalue weighted by molar-refractivity contribution is 6.33. The van der Waals surface area contributed by atoms with Gasteiger partial charge in [0.15, 0.2) is 0 Å². The topological polar surface area (TPSA) is 91.0 Å². The molecule has 7 nitrogen and oxygen atoms in total. The summed E-state index contributed by atoms with van der Waals surface area (Å²) in [7, 11) is 0. The van der Waals surface area contributed by atoms with Gasteiger partial charge >= 0.3 is 6.03 Å². The van der Waals surface area contributed by atoms with E-state index in [4.69, 9.17) is 11.6 Å². The molecule has 28 heavy (non-hydrogen) atoms. The third-order valence-corrected chi connectivity index (χ3v) is 4.06. The summed E-state index contributed by atoms with van der Waals surface area (Å²) in [6.07, 6.45) is 0. The van der Waals surface area contributed by atoms with Gasteiger partial charge in [0.05, 0.1) is 10.7 Å². The number of carbonyl (C=O) groups excluding carboxylic acids is 1. The van der Waals surface area contributed by atoms with Crippen LogP contribution in [-0.2, 0) is 0 Å². The van der Waals surface area contributed by atoms with Gasteiger partial charge in [0.25, 0.3) is 0 Å². The van der Waals surface area contributed by atoms with Crippen molar-refractivity contribution in [1.29, 1.82) is 0 Å². The zero-order valence-corrected chi connectivity index (χ0v) is 16.3. The highest BCUT2D eigenvalue weighted by Crippen LogP contribution is 2.22. The Bertz CT molecular complexity index is 961. The molecular weight excluding hydrogens is 376 g/mol. The normalized spacial score (nSPS) is 10.2. The quantitative estimate of drug-likeness (QED) is 0.456. The van der Waals surface area contributed by atoms with E-state index in [9.17, 15) is 4.79 Å². The number of halogens is 1.